The summed E-state index contributed by atoms with van der Waals surface area (Å²) in [6.45, 7) is 2.01. The number of carbonyl (C=O) groups excluding carboxylic acids is 1. The Kier molecular flexibility index (Phi) is 4.50. The number of carboxylic acids is 1. The number of aryl methyl sites for hydroxylation is 1. The molecule has 0 aliphatic carbocycles. The summed E-state index contributed by atoms with van der Waals surface area (Å²) in [5.41, 5.74) is 0. The van der Waals surface area contributed by atoms with E-state index in [0.29, 0.717) is 19.4 Å². The van der Waals surface area contributed by atoms with Gasteiger partial charge in [-0.2, -0.15) is 0 Å². The first-order valence-electron chi connectivity index (χ1n) is 5.05. The average Bonchev–Trinajstić information content (AvgIpc) is 2.68. The lowest BCUT2D eigenvalue weighted by atomic mass is 10.1. The van der Waals surface area contributed by atoms with Crippen LogP contribution in [0.4, 0.5) is 0 Å². The second-order valence-electron chi connectivity index (χ2n) is 3.53. The van der Waals surface area contributed by atoms with Crippen LogP contribution in [0.15, 0.2) is 18.7 Å². The van der Waals surface area contributed by atoms with Crippen LogP contribution in [-0.4, -0.2) is 32.6 Å². The first-order chi connectivity index (χ1) is 7.59. The molecule has 16 heavy (non-hydrogen) atoms. The number of carboxylic acid groups (broad SMARTS) is 1. The molecule has 0 fully saturated rings. The summed E-state index contributed by atoms with van der Waals surface area (Å²) >= 11 is 0. The number of hydrogen-bond donors (Lipinski definition) is 2. The van der Waals surface area contributed by atoms with Crippen molar-refractivity contribution in [3.63, 3.8) is 0 Å². The van der Waals surface area contributed by atoms with Crippen molar-refractivity contribution < 1.29 is 14.7 Å². The number of rotatable bonds is 6. The van der Waals surface area contributed by atoms with Gasteiger partial charge in [-0.3, -0.25) is 4.79 Å². The Morgan fingerprint density at radius 3 is 2.81 bits per heavy atom. The highest BCUT2D eigenvalue weighted by Gasteiger charge is 2.17. The summed E-state index contributed by atoms with van der Waals surface area (Å²) < 4.78 is 1.87. The van der Waals surface area contributed by atoms with Crippen LogP contribution in [0, 0.1) is 0 Å². The minimum Gasteiger partial charge on any atom is -0.480 e. The van der Waals surface area contributed by atoms with Gasteiger partial charge in [0.05, 0.1) is 6.33 Å². The Morgan fingerprint density at radius 1 is 1.56 bits per heavy atom. The lowest BCUT2D eigenvalue weighted by molar-refractivity contribution is -0.141. The van der Waals surface area contributed by atoms with Crippen molar-refractivity contribution in [3.8, 4) is 0 Å². The number of carbonyl (C=O) groups is 2. The molecule has 0 bridgehead atoms. The minimum absolute atomic E-state index is 0.324. The quantitative estimate of drug-likeness (QED) is 0.727. The normalized spacial score (nSPS) is 12.1. The maximum Gasteiger partial charge on any atom is 0.326 e. The van der Waals surface area contributed by atoms with Gasteiger partial charge in [0.1, 0.15) is 6.04 Å². The van der Waals surface area contributed by atoms with E-state index in [9.17, 15) is 9.59 Å². The van der Waals surface area contributed by atoms with Crippen molar-refractivity contribution in [1.82, 2.24) is 14.9 Å². The molecule has 1 amide bonds. The lowest BCUT2D eigenvalue weighted by Gasteiger charge is -2.12. The fourth-order valence-electron chi connectivity index (χ4n) is 1.40. The molecule has 0 aliphatic rings. The molecule has 1 rings (SSSR count). The highest BCUT2D eigenvalue weighted by Crippen LogP contribution is 2.01. The van der Waals surface area contributed by atoms with Crippen LogP contribution >= 0.6 is 0 Å². The third kappa shape index (κ3) is 4.12. The Hall–Kier alpha value is -1.85. The van der Waals surface area contributed by atoms with Crippen molar-refractivity contribution in [2.24, 2.45) is 0 Å². The second kappa shape index (κ2) is 5.89. The zero-order chi connectivity index (χ0) is 12.0. The summed E-state index contributed by atoms with van der Waals surface area (Å²) in [7, 11) is 0. The van der Waals surface area contributed by atoms with Crippen LogP contribution in [0.25, 0.3) is 0 Å². The van der Waals surface area contributed by atoms with Crippen molar-refractivity contribution in [3.05, 3.63) is 18.7 Å². The number of nitrogens with zero attached hydrogens (tertiary/aromatic N) is 2. The van der Waals surface area contributed by atoms with Gasteiger partial charge in [-0.05, 0) is 12.8 Å². The van der Waals surface area contributed by atoms with E-state index in [4.69, 9.17) is 5.11 Å². The van der Waals surface area contributed by atoms with Gasteiger partial charge in [-0.25, -0.2) is 9.78 Å². The second-order valence-corrected chi connectivity index (χ2v) is 3.53. The highest BCUT2D eigenvalue weighted by molar-refractivity contribution is 5.81. The summed E-state index contributed by atoms with van der Waals surface area (Å²) in [6, 6.07) is -0.805. The Balaban J connectivity index is 2.32. The maximum atomic E-state index is 10.8. The zero-order valence-electron chi connectivity index (χ0n) is 9.09. The molecular weight excluding hydrogens is 210 g/mol. The molecular formula is C10H15N3O3. The summed E-state index contributed by atoms with van der Waals surface area (Å²) in [5, 5.41) is 11.2. The molecule has 0 saturated heterocycles. The highest BCUT2D eigenvalue weighted by atomic mass is 16.4. The summed E-state index contributed by atoms with van der Waals surface area (Å²) in [4.78, 5) is 25.4. The molecule has 1 unspecified atom stereocenters. The predicted molar refractivity (Wildman–Crippen MR) is 56.7 cm³/mol. The molecule has 0 spiro atoms. The van der Waals surface area contributed by atoms with Crippen LogP contribution in [-0.2, 0) is 16.1 Å². The number of nitrogens with one attached hydrogen (secondary N) is 1. The molecule has 6 heteroatoms. The smallest absolute Gasteiger partial charge is 0.326 e. The number of hydrogen-bond acceptors (Lipinski definition) is 3. The van der Waals surface area contributed by atoms with E-state index in [1.54, 1.807) is 12.5 Å². The Bertz CT molecular complexity index is 348. The molecule has 0 aromatic carbocycles. The molecule has 1 heterocycles. The Morgan fingerprint density at radius 2 is 2.31 bits per heavy atom. The number of amides is 1. The van der Waals surface area contributed by atoms with Gasteiger partial charge in [0.15, 0.2) is 0 Å². The van der Waals surface area contributed by atoms with Crippen LogP contribution in [0.3, 0.4) is 0 Å². The van der Waals surface area contributed by atoms with Gasteiger partial charge in [0.25, 0.3) is 0 Å². The SMILES string of the molecule is CC(=O)NC(CCCn1ccnc1)C(=O)O. The predicted octanol–water partition coefficient (Wildman–Crippen LogP) is 0.253. The molecule has 1 aromatic heterocycles. The molecule has 88 valence electrons. The number of aliphatic carboxylic acids is 1. The fraction of sp³-hybridized carbons (Fsp3) is 0.500. The molecule has 0 saturated carbocycles. The van der Waals surface area contributed by atoms with E-state index >= 15 is 0 Å². The van der Waals surface area contributed by atoms with E-state index < -0.39 is 12.0 Å². The van der Waals surface area contributed by atoms with Gasteiger partial charge in [-0.15, -0.1) is 0 Å². The first kappa shape index (κ1) is 12.2. The van der Waals surface area contributed by atoms with Gasteiger partial charge in [-0.1, -0.05) is 0 Å². The molecule has 6 nitrogen and oxygen atoms in total. The third-order valence-electron chi connectivity index (χ3n) is 2.14. The topological polar surface area (TPSA) is 84.2 Å². The summed E-state index contributed by atoms with van der Waals surface area (Å²) in [6.07, 6.45) is 6.24. The molecule has 1 atom stereocenters. The van der Waals surface area contributed by atoms with Crippen LogP contribution < -0.4 is 5.32 Å². The number of aromatic nitrogens is 2. The standard InChI is InChI=1S/C10H15N3O3/c1-8(14)12-9(10(15)16)3-2-5-13-6-4-11-7-13/h4,6-7,9H,2-3,5H2,1H3,(H,12,14)(H,15,16). The minimum atomic E-state index is -0.999. The largest absolute Gasteiger partial charge is 0.480 e. The van der Waals surface area contributed by atoms with E-state index in [1.165, 1.54) is 6.92 Å². The molecule has 2 N–H and O–H groups in total. The van der Waals surface area contributed by atoms with Crippen LogP contribution in [0.2, 0.25) is 0 Å². The van der Waals surface area contributed by atoms with Crippen molar-refractivity contribution in [1.29, 1.82) is 0 Å². The fourth-order valence-corrected chi connectivity index (χ4v) is 1.40. The van der Waals surface area contributed by atoms with Gasteiger partial charge in [0.2, 0.25) is 5.91 Å². The van der Waals surface area contributed by atoms with Crippen molar-refractivity contribution in [2.45, 2.75) is 32.4 Å². The van der Waals surface area contributed by atoms with E-state index in [0.717, 1.165) is 0 Å². The van der Waals surface area contributed by atoms with Gasteiger partial charge in [0, 0.05) is 25.9 Å². The third-order valence-corrected chi connectivity index (χ3v) is 2.14. The lowest BCUT2D eigenvalue weighted by Crippen LogP contribution is -2.39. The molecule has 1 aromatic rings. The van der Waals surface area contributed by atoms with Gasteiger partial charge >= 0.3 is 5.97 Å². The van der Waals surface area contributed by atoms with Crippen molar-refractivity contribution in [2.75, 3.05) is 0 Å². The van der Waals surface area contributed by atoms with Crippen LogP contribution in [0.5, 0.6) is 0 Å². The van der Waals surface area contributed by atoms with E-state index in [2.05, 4.69) is 10.3 Å². The zero-order valence-corrected chi connectivity index (χ0v) is 9.09. The summed E-state index contributed by atoms with van der Waals surface area (Å²) in [5.74, 6) is -1.32. The van der Waals surface area contributed by atoms with E-state index in [1.807, 2.05) is 10.8 Å². The van der Waals surface area contributed by atoms with Crippen molar-refractivity contribution >= 4 is 11.9 Å². The first-order valence-corrected chi connectivity index (χ1v) is 5.05. The number of imidazole rings is 1. The average molecular weight is 225 g/mol. The van der Waals surface area contributed by atoms with Gasteiger partial charge < -0.3 is 15.0 Å². The monoisotopic (exact) mass is 225 g/mol. The molecule has 0 radical (unpaired) electrons. The Labute approximate surface area is 93.3 Å². The maximum absolute atomic E-state index is 10.8. The van der Waals surface area contributed by atoms with Crippen LogP contribution in [0.1, 0.15) is 19.8 Å². The van der Waals surface area contributed by atoms with E-state index in [-0.39, 0.29) is 5.91 Å². The molecule has 0 aliphatic heterocycles.